The van der Waals surface area contributed by atoms with Crippen LogP contribution < -0.4 is 16.0 Å². The number of ether oxygens (including phenoxy) is 2. The van der Waals surface area contributed by atoms with Gasteiger partial charge >= 0.3 is 18.0 Å². The number of rotatable bonds is 8. The number of amides is 3. The Morgan fingerprint density at radius 1 is 0.976 bits per heavy atom. The molecule has 2 unspecified atom stereocenters. The van der Waals surface area contributed by atoms with Crippen molar-refractivity contribution in [3.05, 3.63) is 58.1 Å². The maximum Gasteiger partial charge on any atom is 0.328 e. The third kappa shape index (κ3) is 7.55. The molecule has 2 aromatic carbocycles. The molecule has 3 N–H and O–H groups in total. The molecule has 3 amide bonds. The molecule has 0 bridgehead atoms. The molecule has 228 valence electrons. The highest BCUT2D eigenvalue weighted by molar-refractivity contribution is 6.39. The van der Waals surface area contributed by atoms with E-state index in [9.17, 15) is 19.2 Å². The second kappa shape index (κ2) is 12.9. The zero-order chi connectivity index (χ0) is 31.5. The molecule has 1 aliphatic rings. The molecule has 1 aliphatic carbocycles. The average molecular weight is 621 g/mol. The summed E-state index contributed by atoms with van der Waals surface area (Å²) in [5.41, 5.74) is -0.715. The minimum atomic E-state index is -0.948. The molecule has 0 saturated heterocycles. The molecular weight excluding hydrogens is 581 g/mol. The number of hydrogen-bond acceptors (Lipinski definition) is 6. The first-order chi connectivity index (χ1) is 19.5. The molecule has 0 aliphatic heterocycles. The van der Waals surface area contributed by atoms with E-state index >= 15 is 0 Å². The van der Waals surface area contributed by atoms with Crippen molar-refractivity contribution < 1.29 is 28.7 Å². The van der Waals surface area contributed by atoms with Crippen LogP contribution in [0.4, 0.5) is 16.2 Å². The predicted octanol–water partition coefficient (Wildman–Crippen LogP) is 6.62. The van der Waals surface area contributed by atoms with Crippen molar-refractivity contribution in [2.24, 2.45) is 16.7 Å². The number of para-hydroxylation sites is 1. The smallest absolute Gasteiger partial charge is 0.328 e. The number of urea groups is 1. The number of hydrogen-bond donors (Lipinski definition) is 3. The third-order valence-electron chi connectivity index (χ3n) is 8.05. The van der Waals surface area contributed by atoms with Gasteiger partial charge in [-0.25, -0.2) is 9.59 Å². The first-order valence-electron chi connectivity index (χ1n) is 13.7. The highest BCUT2D eigenvalue weighted by Crippen LogP contribution is 2.57. The lowest BCUT2D eigenvalue weighted by atomic mass is 9.65. The van der Waals surface area contributed by atoms with Crippen molar-refractivity contribution >= 4 is 58.5 Å². The van der Waals surface area contributed by atoms with Gasteiger partial charge in [0.1, 0.15) is 11.6 Å². The Balaban J connectivity index is 1.67. The van der Waals surface area contributed by atoms with E-state index in [-0.39, 0.29) is 18.3 Å². The van der Waals surface area contributed by atoms with Gasteiger partial charge < -0.3 is 25.4 Å². The number of nitrogens with one attached hydrogen (secondary N) is 3. The molecule has 3 atom stereocenters. The summed E-state index contributed by atoms with van der Waals surface area (Å²) in [6.07, 6.45) is 1.13. The molecule has 3 rings (SSSR count). The maximum absolute atomic E-state index is 13.5. The Bertz CT molecular complexity index is 1320. The third-order valence-corrected chi connectivity index (χ3v) is 8.68. The molecule has 1 fully saturated rings. The summed E-state index contributed by atoms with van der Waals surface area (Å²) >= 11 is 12.2. The molecule has 42 heavy (non-hydrogen) atoms. The Kier molecular flexibility index (Phi) is 10.2. The monoisotopic (exact) mass is 619 g/mol. The van der Waals surface area contributed by atoms with Crippen LogP contribution in [0.25, 0.3) is 0 Å². The highest BCUT2D eigenvalue weighted by atomic mass is 35.5. The van der Waals surface area contributed by atoms with Crippen molar-refractivity contribution in [2.45, 2.75) is 72.4 Å². The number of benzene rings is 2. The summed E-state index contributed by atoms with van der Waals surface area (Å²) in [5, 5.41) is 8.79. The van der Waals surface area contributed by atoms with Gasteiger partial charge in [0.25, 0.3) is 0 Å². The quantitative estimate of drug-likeness (QED) is 0.285. The standard InChI is InChI=1S/C31H39Cl2N3O6/c1-29(2,3)42-27(39)31(6)16-15-20(30(31,4)5)25(37)35-23(26(38)41-7)17-18-11-13-19(14-12-18)34-28(40)36-24-21(32)9-8-10-22(24)33/h8-14,20,23H,15-17H2,1-7H3,(H,35,37)(H2,34,36,40)/t20?,23-,31?/m0/s1. The fourth-order valence-electron chi connectivity index (χ4n) is 5.18. The molecule has 0 heterocycles. The van der Waals surface area contributed by atoms with Gasteiger partial charge in [-0.1, -0.05) is 55.2 Å². The van der Waals surface area contributed by atoms with Crippen molar-refractivity contribution in [1.29, 1.82) is 0 Å². The maximum atomic E-state index is 13.5. The zero-order valence-corrected chi connectivity index (χ0v) is 26.5. The van der Waals surface area contributed by atoms with Crippen LogP contribution in [0.1, 0.15) is 59.9 Å². The lowest BCUT2D eigenvalue weighted by Gasteiger charge is -2.40. The zero-order valence-electron chi connectivity index (χ0n) is 25.0. The van der Waals surface area contributed by atoms with E-state index in [1.807, 2.05) is 41.5 Å². The molecule has 0 spiro atoms. The van der Waals surface area contributed by atoms with E-state index in [1.165, 1.54) is 7.11 Å². The highest BCUT2D eigenvalue weighted by Gasteiger charge is 2.59. The van der Waals surface area contributed by atoms with Crippen LogP contribution in [0.5, 0.6) is 0 Å². The summed E-state index contributed by atoms with van der Waals surface area (Å²) in [5.74, 6) is -1.76. The Hall–Kier alpha value is -3.30. The number of carbonyl (C=O) groups excluding carboxylic acids is 4. The predicted molar refractivity (Wildman–Crippen MR) is 164 cm³/mol. The van der Waals surface area contributed by atoms with E-state index in [1.54, 1.807) is 42.5 Å². The lowest BCUT2D eigenvalue weighted by Crippen LogP contribution is -2.51. The first-order valence-corrected chi connectivity index (χ1v) is 14.5. The minimum absolute atomic E-state index is 0.163. The summed E-state index contributed by atoms with van der Waals surface area (Å²) in [4.78, 5) is 51.8. The Morgan fingerprint density at radius 3 is 2.12 bits per heavy atom. The van der Waals surface area contributed by atoms with Gasteiger partial charge in [0.15, 0.2) is 0 Å². The molecule has 11 heteroatoms. The number of methoxy groups -OCH3 is 1. The van der Waals surface area contributed by atoms with E-state index in [2.05, 4.69) is 16.0 Å². The minimum Gasteiger partial charge on any atom is -0.467 e. The Labute approximate surface area is 257 Å². The number of anilines is 2. The van der Waals surface area contributed by atoms with E-state index in [0.29, 0.717) is 34.3 Å². The van der Waals surface area contributed by atoms with Gasteiger partial charge in [-0.15, -0.1) is 0 Å². The Morgan fingerprint density at radius 2 is 1.57 bits per heavy atom. The lowest BCUT2D eigenvalue weighted by molar-refractivity contribution is -0.173. The number of halogens is 2. The van der Waals surface area contributed by atoms with E-state index < -0.39 is 40.4 Å². The molecule has 0 radical (unpaired) electrons. The first kappa shape index (κ1) is 33.2. The fourth-order valence-corrected chi connectivity index (χ4v) is 5.67. The molecule has 1 saturated carbocycles. The van der Waals surface area contributed by atoms with Crippen molar-refractivity contribution in [2.75, 3.05) is 17.7 Å². The van der Waals surface area contributed by atoms with Crippen LogP contribution in [-0.4, -0.2) is 42.6 Å². The SMILES string of the molecule is COC(=O)[C@H](Cc1ccc(NC(=O)Nc2c(Cl)cccc2Cl)cc1)NC(=O)C1CCC(C)(C(=O)OC(C)(C)C)C1(C)C. The topological polar surface area (TPSA) is 123 Å². The van der Waals surface area contributed by atoms with Crippen LogP contribution in [-0.2, 0) is 30.3 Å². The molecular formula is C31H39Cl2N3O6. The van der Waals surface area contributed by atoms with Gasteiger partial charge in [-0.2, -0.15) is 0 Å². The van der Waals surface area contributed by atoms with Crippen molar-refractivity contribution in [3.63, 3.8) is 0 Å². The second-order valence-electron chi connectivity index (χ2n) is 12.3. The van der Waals surface area contributed by atoms with Gasteiger partial charge in [0.05, 0.1) is 28.3 Å². The van der Waals surface area contributed by atoms with Gasteiger partial charge in [0.2, 0.25) is 5.91 Å². The normalized spacial score (nSPS) is 20.3. The number of esters is 2. The van der Waals surface area contributed by atoms with Gasteiger partial charge in [-0.05, 0) is 75.8 Å². The van der Waals surface area contributed by atoms with Crippen LogP contribution >= 0.6 is 23.2 Å². The molecule has 9 nitrogen and oxygen atoms in total. The summed E-state index contributed by atoms with van der Waals surface area (Å²) in [7, 11) is 1.26. The average Bonchev–Trinajstić information content (AvgIpc) is 3.15. The van der Waals surface area contributed by atoms with E-state index in [0.717, 1.165) is 5.56 Å². The van der Waals surface area contributed by atoms with Gasteiger partial charge in [-0.3, -0.25) is 9.59 Å². The summed E-state index contributed by atoms with van der Waals surface area (Å²) in [6, 6.07) is 10.2. The van der Waals surface area contributed by atoms with Crippen LogP contribution in [0.3, 0.4) is 0 Å². The van der Waals surface area contributed by atoms with Gasteiger partial charge in [0, 0.05) is 18.0 Å². The second-order valence-corrected chi connectivity index (χ2v) is 13.1. The van der Waals surface area contributed by atoms with Crippen LogP contribution in [0.15, 0.2) is 42.5 Å². The van der Waals surface area contributed by atoms with Crippen molar-refractivity contribution in [1.82, 2.24) is 5.32 Å². The van der Waals surface area contributed by atoms with Crippen molar-refractivity contribution in [3.8, 4) is 0 Å². The summed E-state index contributed by atoms with van der Waals surface area (Å²) < 4.78 is 10.7. The van der Waals surface area contributed by atoms with Crippen LogP contribution in [0.2, 0.25) is 10.0 Å². The molecule has 0 aromatic heterocycles. The van der Waals surface area contributed by atoms with Crippen LogP contribution in [0, 0.1) is 16.7 Å². The number of carbonyl (C=O) groups is 4. The largest absolute Gasteiger partial charge is 0.467 e. The fraction of sp³-hybridized carbons (Fsp3) is 0.484. The molecule has 2 aromatic rings. The van der Waals surface area contributed by atoms with E-state index in [4.69, 9.17) is 32.7 Å². The summed E-state index contributed by atoms with van der Waals surface area (Å²) in [6.45, 7) is 11.1.